The van der Waals surface area contributed by atoms with Crippen LogP contribution >= 0.6 is 23.1 Å². The Bertz CT molecular complexity index is 1200. The highest BCUT2D eigenvalue weighted by Crippen LogP contribution is 2.40. The molecule has 0 aliphatic heterocycles. The summed E-state index contributed by atoms with van der Waals surface area (Å²) in [5.41, 5.74) is 8.54. The highest BCUT2D eigenvalue weighted by molar-refractivity contribution is 7.98. The molecule has 1 unspecified atom stereocenters. The van der Waals surface area contributed by atoms with E-state index in [1.54, 1.807) is 18.4 Å². The van der Waals surface area contributed by atoms with Gasteiger partial charge in [0.2, 0.25) is 11.7 Å². The molecule has 1 aliphatic carbocycles. The summed E-state index contributed by atoms with van der Waals surface area (Å²) in [6.45, 7) is 2.30. The number of benzene rings is 1. The number of rotatable bonds is 5. The summed E-state index contributed by atoms with van der Waals surface area (Å²) in [4.78, 5) is 16.1. The van der Waals surface area contributed by atoms with Crippen molar-refractivity contribution in [3.05, 3.63) is 40.6 Å². The Morgan fingerprint density at radius 1 is 1.23 bits per heavy atom. The third-order valence-electron chi connectivity index (χ3n) is 5.30. The zero-order chi connectivity index (χ0) is 20.7. The van der Waals surface area contributed by atoms with Crippen LogP contribution in [-0.2, 0) is 18.6 Å². The highest BCUT2D eigenvalue weighted by atomic mass is 32.2. The molecule has 0 amide bonds. The second-order valence-electron chi connectivity index (χ2n) is 7.45. The van der Waals surface area contributed by atoms with Gasteiger partial charge in [0.1, 0.15) is 16.4 Å². The number of nitrogens with two attached hydrogens (primary N) is 1. The van der Waals surface area contributed by atoms with E-state index in [4.69, 9.17) is 20.0 Å². The van der Waals surface area contributed by atoms with Gasteiger partial charge in [-0.3, -0.25) is 0 Å². The van der Waals surface area contributed by atoms with Crippen molar-refractivity contribution in [3.8, 4) is 17.1 Å². The number of aryl methyl sites for hydroxylation is 1. The molecule has 0 fully saturated rings. The minimum atomic E-state index is 0.482. The normalized spacial score (nSPS) is 16.0. The lowest BCUT2D eigenvalue weighted by molar-refractivity contribution is 0.391. The molecular weight excluding hydrogens is 418 g/mol. The first kappa shape index (κ1) is 19.3. The fourth-order valence-corrected chi connectivity index (χ4v) is 5.85. The molecule has 3 heterocycles. The van der Waals surface area contributed by atoms with Crippen LogP contribution in [0.5, 0.6) is 5.75 Å². The van der Waals surface area contributed by atoms with E-state index in [1.807, 2.05) is 24.3 Å². The number of fused-ring (bicyclic) bond motifs is 3. The standard InChI is InChI=1S/C21H21N5O2S2/c1-11-3-8-14-15(9-11)30-20-17(14)18(22)24-21(25-20)29-10-16-23-19(26-28-16)12-4-6-13(27-2)7-5-12/h4-7,11H,3,8-10H2,1-2H3,(H2,22,24,25). The molecule has 0 saturated carbocycles. The lowest BCUT2D eigenvalue weighted by atomic mass is 9.89. The van der Waals surface area contributed by atoms with Gasteiger partial charge in [0.15, 0.2) is 5.16 Å². The van der Waals surface area contributed by atoms with Crippen LogP contribution in [0.25, 0.3) is 21.6 Å². The lowest BCUT2D eigenvalue weighted by Gasteiger charge is -2.17. The minimum Gasteiger partial charge on any atom is -0.497 e. The number of thiophene rings is 1. The summed E-state index contributed by atoms with van der Waals surface area (Å²) in [6.07, 6.45) is 3.36. The van der Waals surface area contributed by atoms with Crippen molar-refractivity contribution in [3.63, 3.8) is 0 Å². The van der Waals surface area contributed by atoms with Gasteiger partial charge in [0, 0.05) is 10.4 Å². The van der Waals surface area contributed by atoms with Gasteiger partial charge in [-0.1, -0.05) is 23.8 Å². The van der Waals surface area contributed by atoms with Crippen LogP contribution in [0.15, 0.2) is 33.9 Å². The molecule has 2 N–H and O–H groups in total. The van der Waals surface area contributed by atoms with Crippen molar-refractivity contribution >= 4 is 39.1 Å². The summed E-state index contributed by atoms with van der Waals surface area (Å²) < 4.78 is 10.6. The van der Waals surface area contributed by atoms with Crippen molar-refractivity contribution in [2.75, 3.05) is 12.8 Å². The SMILES string of the molecule is COc1ccc(-c2noc(CSc3nc(N)c4c5c(sc4n3)CC(C)CC5)n2)cc1. The van der Waals surface area contributed by atoms with Gasteiger partial charge in [0.25, 0.3) is 0 Å². The van der Waals surface area contributed by atoms with Crippen LogP contribution in [0.2, 0.25) is 0 Å². The fraction of sp³-hybridized carbons (Fsp3) is 0.333. The zero-order valence-electron chi connectivity index (χ0n) is 16.7. The third kappa shape index (κ3) is 3.63. The Hall–Kier alpha value is -2.65. The first-order valence-electron chi connectivity index (χ1n) is 9.78. The van der Waals surface area contributed by atoms with E-state index in [0.29, 0.717) is 34.4 Å². The molecule has 4 aromatic rings. The number of nitrogens with zero attached hydrogens (tertiary/aromatic N) is 4. The van der Waals surface area contributed by atoms with E-state index in [0.717, 1.165) is 34.4 Å². The predicted octanol–water partition coefficient (Wildman–Crippen LogP) is 4.75. The summed E-state index contributed by atoms with van der Waals surface area (Å²) in [5, 5.41) is 5.75. The molecule has 3 aromatic heterocycles. The van der Waals surface area contributed by atoms with Gasteiger partial charge in [-0.15, -0.1) is 11.3 Å². The molecule has 0 bridgehead atoms. The molecule has 0 radical (unpaired) electrons. The van der Waals surface area contributed by atoms with Crippen LogP contribution in [0.1, 0.15) is 29.7 Å². The van der Waals surface area contributed by atoms with Crippen LogP contribution in [0, 0.1) is 5.92 Å². The molecule has 1 atom stereocenters. The summed E-state index contributed by atoms with van der Waals surface area (Å²) >= 11 is 3.20. The first-order valence-corrected chi connectivity index (χ1v) is 11.6. The average Bonchev–Trinajstić information content (AvgIpc) is 3.36. The number of ether oxygens (including phenoxy) is 1. The average molecular weight is 440 g/mol. The third-order valence-corrected chi connectivity index (χ3v) is 7.28. The molecule has 5 rings (SSSR count). The Kier molecular flexibility index (Phi) is 5.08. The monoisotopic (exact) mass is 439 g/mol. The van der Waals surface area contributed by atoms with E-state index in [2.05, 4.69) is 22.0 Å². The molecule has 154 valence electrons. The molecule has 30 heavy (non-hydrogen) atoms. The summed E-state index contributed by atoms with van der Waals surface area (Å²) in [6, 6.07) is 7.54. The number of methoxy groups -OCH3 is 1. The zero-order valence-corrected chi connectivity index (χ0v) is 18.3. The Labute approximate surface area is 182 Å². The smallest absolute Gasteiger partial charge is 0.237 e. The first-order chi connectivity index (χ1) is 14.6. The maximum atomic E-state index is 6.31. The minimum absolute atomic E-state index is 0.482. The molecular formula is C21H21N5O2S2. The second kappa shape index (κ2) is 7.88. The Morgan fingerprint density at radius 3 is 2.87 bits per heavy atom. The maximum absolute atomic E-state index is 6.31. The van der Waals surface area contributed by atoms with E-state index in [1.165, 1.54) is 28.6 Å². The van der Waals surface area contributed by atoms with Crippen molar-refractivity contribution in [2.24, 2.45) is 5.92 Å². The van der Waals surface area contributed by atoms with Crippen molar-refractivity contribution in [1.82, 2.24) is 20.1 Å². The van der Waals surface area contributed by atoms with E-state index < -0.39 is 0 Å². The van der Waals surface area contributed by atoms with E-state index in [9.17, 15) is 0 Å². The number of thioether (sulfide) groups is 1. The fourth-order valence-electron chi connectivity index (χ4n) is 3.71. The van der Waals surface area contributed by atoms with Crippen LogP contribution < -0.4 is 10.5 Å². The molecule has 1 aromatic carbocycles. The number of nitrogen functional groups attached to an aromatic ring is 1. The number of hydrogen-bond acceptors (Lipinski definition) is 9. The second-order valence-corrected chi connectivity index (χ2v) is 9.48. The van der Waals surface area contributed by atoms with Crippen molar-refractivity contribution in [2.45, 2.75) is 37.1 Å². The Morgan fingerprint density at radius 2 is 2.07 bits per heavy atom. The summed E-state index contributed by atoms with van der Waals surface area (Å²) in [5.74, 6) is 3.62. The van der Waals surface area contributed by atoms with Gasteiger partial charge in [-0.05, 0) is 55.0 Å². The van der Waals surface area contributed by atoms with Gasteiger partial charge in [-0.2, -0.15) is 4.98 Å². The predicted molar refractivity (Wildman–Crippen MR) is 119 cm³/mol. The lowest BCUT2D eigenvalue weighted by Crippen LogP contribution is -2.09. The van der Waals surface area contributed by atoms with Crippen LogP contribution in [0.4, 0.5) is 5.82 Å². The quantitative estimate of drug-likeness (QED) is 0.351. The maximum Gasteiger partial charge on any atom is 0.237 e. The van der Waals surface area contributed by atoms with Gasteiger partial charge >= 0.3 is 0 Å². The van der Waals surface area contributed by atoms with E-state index >= 15 is 0 Å². The van der Waals surface area contributed by atoms with Crippen molar-refractivity contribution in [1.29, 1.82) is 0 Å². The van der Waals surface area contributed by atoms with Crippen LogP contribution in [0.3, 0.4) is 0 Å². The molecule has 0 spiro atoms. The molecule has 9 heteroatoms. The number of anilines is 1. The molecule has 1 aliphatic rings. The van der Waals surface area contributed by atoms with Gasteiger partial charge in [-0.25, -0.2) is 9.97 Å². The van der Waals surface area contributed by atoms with Crippen LogP contribution in [-0.4, -0.2) is 27.2 Å². The topological polar surface area (TPSA) is 100.0 Å². The highest BCUT2D eigenvalue weighted by Gasteiger charge is 2.23. The number of aromatic nitrogens is 4. The molecule has 7 nitrogen and oxygen atoms in total. The Balaban J connectivity index is 1.33. The number of hydrogen-bond donors (Lipinski definition) is 1. The van der Waals surface area contributed by atoms with Gasteiger partial charge < -0.3 is 15.0 Å². The van der Waals surface area contributed by atoms with Crippen molar-refractivity contribution < 1.29 is 9.26 Å². The largest absolute Gasteiger partial charge is 0.497 e. The molecule has 0 saturated heterocycles. The van der Waals surface area contributed by atoms with E-state index in [-0.39, 0.29) is 0 Å². The van der Waals surface area contributed by atoms with Gasteiger partial charge in [0.05, 0.1) is 18.2 Å². The summed E-state index contributed by atoms with van der Waals surface area (Å²) in [7, 11) is 1.64.